The molecular weight excluding hydrogens is 221 g/mol. The van der Waals surface area contributed by atoms with E-state index in [-0.39, 0.29) is 12.3 Å². The van der Waals surface area contributed by atoms with Gasteiger partial charge < -0.3 is 0 Å². The first kappa shape index (κ1) is 9.82. The van der Waals surface area contributed by atoms with E-state index in [1.807, 2.05) is 24.3 Å². The van der Waals surface area contributed by atoms with Crippen LogP contribution in [0, 0.1) is 0 Å². The molecule has 0 saturated heterocycles. The molecule has 0 spiro atoms. The Labute approximate surface area is 90.6 Å². The Kier molecular flexibility index (Phi) is 2.95. The molecule has 1 aromatic heterocycles. The minimum Gasteiger partial charge on any atom is -0.261 e. The molecule has 0 atom stereocenters. The highest BCUT2D eigenvalue weighted by Crippen LogP contribution is 2.22. The van der Waals surface area contributed by atoms with Crippen LogP contribution in [0.2, 0.25) is 0 Å². The molecule has 6 heteroatoms. The summed E-state index contributed by atoms with van der Waals surface area (Å²) in [7, 11) is 0. The van der Waals surface area contributed by atoms with Gasteiger partial charge in [-0.05, 0) is 6.07 Å². The molecule has 2 rings (SSSR count). The van der Waals surface area contributed by atoms with E-state index >= 15 is 0 Å². The van der Waals surface area contributed by atoms with Gasteiger partial charge in [0.1, 0.15) is 0 Å². The van der Waals surface area contributed by atoms with Gasteiger partial charge in [-0.3, -0.25) is 4.72 Å². The minimum atomic E-state index is 0.0978. The highest BCUT2D eigenvalue weighted by atomic mass is 32.2. The maximum absolute atomic E-state index is 12.5. The van der Waals surface area contributed by atoms with Crippen LogP contribution in [-0.4, -0.2) is 9.19 Å². The molecule has 0 aliphatic heterocycles. The molecule has 1 heterocycles. The summed E-state index contributed by atoms with van der Waals surface area (Å²) in [5.41, 5.74) is 1.57. The summed E-state index contributed by atoms with van der Waals surface area (Å²) in [4.78, 5) is 0. The van der Waals surface area contributed by atoms with E-state index in [0.717, 1.165) is 16.6 Å². The van der Waals surface area contributed by atoms with Gasteiger partial charge in [-0.15, -0.1) is 3.89 Å². The van der Waals surface area contributed by atoms with Crippen LogP contribution in [0.5, 0.6) is 0 Å². The maximum Gasteiger partial charge on any atom is 0.188 e. The largest absolute Gasteiger partial charge is 0.261 e. The van der Waals surface area contributed by atoms with E-state index < -0.39 is 0 Å². The lowest BCUT2D eigenvalue weighted by Crippen LogP contribution is -1.99. The number of aromatic nitrogens is 2. The van der Waals surface area contributed by atoms with Crippen molar-refractivity contribution in [2.24, 2.45) is 0 Å². The molecule has 74 valence electrons. The third-order valence-electron chi connectivity index (χ3n) is 1.94. The first-order chi connectivity index (χ1) is 6.86. The molecule has 0 radical (unpaired) electrons. The van der Waals surface area contributed by atoms with E-state index in [0.29, 0.717) is 6.54 Å². The molecule has 14 heavy (non-hydrogen) atoms. The Morgan fingerprint density at radius 1 is 1.50 bits per heavy atom. The van der Waals surface area contributed by atoms with Crippen LogP contribution in [0.25, 0.3) is 10.9 Å². The average molecular weight is 229 g/mol. The third-order valence-corrected chi connectivity index (χ3v) is 2.51. The molecule has 0 aliphatic carbocycles. The Bertz CT molecular complexity index is 443. The molecule has 0 bridgehead atoms. The van der Waals surface area contributed by atoms with E-state index in [4.69, 9.17) is 0 Å². The van der Waals surface area contributed by atoms with E-state index in [9.17, 15) is 3.89 Å². The van der Waals surface area contributed by atoms with Crippen LogP contribution in [0.4, 0.5) is 3.89 Å². The monoisotopic (exact) mass is 229 g/mol. The average Bonchev–Trinajstić information content (AvgIpc) is 2.58. The SMILES string of the molecule is FSn1nc(CNS)c2ccccc21. The fourth-order valence-corrected chi connectivity index (χ4v) is 1.87. The second-order valence-electron chi connectivity index (χ2n) is 2.74. The normalized spacial score (nSPS) is 11.0. The Morgan fingerprint density at radius 3 is 3.00 bits per heavy atom. The van der Waals surface area contributed by atoms with Crippen LogP contribution in [-0.2, 0) is 6.54 Å². The summed E-state index contributed by atoms with van der Waals surface area (Å²) < 4.78 is 16.4. The molecule has 0 saturated carbocycles. The second kappa shape index (κ2) is 4.20. The number of hydrogen-bond donors (Lipinski definition) is 2. The van der Waals surface area contributed by atoms with Gasteiger partial charge >= 0.3 is 0 Å². The van der Waals surface area contributed by atoms with Crippen molar-refractivity contribution in [2.45, 2.75) is 6.54 Å². The summed E-state index contributed by atoms with van der Waals surface area (Å²) >= 11 is 3.99. The zero-order valence-corrected chi connectivity index (χ0v) is 8.86. The second-order valence-corrected chi connectivity index (χ2v) is 3.54. The summed E-state index contributed by atoms with van der Waals surface area (Å²) in [6.45, 7) is 0.511. The van der Waals surface area contributed by atoms with Crippen LogP contribution >= 0.6 is 25.1 Å². The van der Waals surface area contributed by atoms with Crippen molar-refractivity contribution in [1.82, 2.24) is 13.9 Å². The minimum absolute atomic E-state index is 0.0978. The van der Waals surface area contributed by atoms with Crippen molar-refractivity contribution in [1.29, 1.82) is 0 Å². The summed E-state index contributed by atoms with van der Waals surface area (Å²) in [6, 6.07) is 7.50. The molecule has 1 aromatic carbocycles. The van der Waals surface area contributed by atoms with Crippen LogP contribution in [0.1, 0.15) is 5.69 Å². The molecule has 0 amide bonds. The number of halogens is 1. The third kappa shape index (κ3) is 1.60. The quantitative estimate of drug-likeness (QED) is 0.792. The number of thiol groups is 1. The van der Waals surface area contributed by atoms with Crippen molar-refractivity contribution in [3.63, 3.8) is 0 Å². The van der Waals surface area contributed by atoms with Crippen LogP contribution in [0.15, 0.2) is 24.3 Å². The van der Waals surface area contributed by atoms with Crippen LogP contribution in [0.3, 0.4) is 0 Å². The number of benzene rings is 1. The smallest absolute Gasteiger partial charge is 0.188 e. The summed E-state index contributed by atoms with van der Waals surface area (Å²) in [5, 5.41) is 5.03. The van der Waals surface area contributed by atoms with Crippen molar-refractivity contribution < 1.29 is 3.89 Å². The predicted octanol–water partition coefficient (Wildman–Crippen LogP) is 2.35. The van der Waals surface area contributed by atoms with Crippen LogP contribution < -0.4 is 4.72 Å². The summed E-state index contributed by atoms with van der Waals surface area (Å²) in [6.07, 6.45) is 0. The van der Waals surface area contributed by atoms with Gasteiger partial charge in [0.25, 0.3) is 0 Å². The fraction of sp³-hybridized carbons (Fsp3) is 0.125. The number of nitrogens with zero attached hydrogens (tertiary/aromatic N) is 2. The highest BCUT2D eigenvalue weighted by molar-refractivity contribution is 7.92. The van der Waals surface area contributed by atoms with E-state index in [2.05, 4.69) is 22.6 Å². The lowest BCUT2D eigenvalue weighted by molar-refractivity contribution is 0.851. The van der Waals surface area contributed by atoms with Crippen molar-refractivity contribution >= 4 is 36.1 Å². The number of hydrogen-bond acceptors (Lipinski definition) is 4. The Morgan fingerprint density at radius 2 is 2.29 bits per heavy atom. The van der Waals surface area contributed by atoms with Gasteiger partial charge in [0.05, 0.1) is 17.8 Å². The molecule has 0 unspecified atom stereocenters. The predicted molar refractivity (Wildman–Crippen MR) is 59.7 cm³/mol. The molecule has 2 aromatic rings. The number of para-hydroxylation sites is 1. The van der Waals surface area contributed by atoms with Crippen molar-refractivity contribution in [3.05, 3.63) is 30.0 Å². The standard InChI is InChI=1S/C8H8FN3S2/c9-14-12-8-4-2-1-3-6(8)7(11-12)5-10-13/h1-4,10,13H,5H2. The number of nitrogens with one attached hydrogen (secondary N) is 1. The van der Waals surface area contributed by atoms with E-state index in [1.54, 1.807) is 0 Å². The van der Waals surface area contributed by atoms with Gasteiger partial charge in [-0.1, -0.05) is 31.0 Å². The Hall–Kier alpha value is -0.720. The fourth-order valence-electron chi connectivity index (χ4n) is 1.36. The summed E-state index contributed by atoms with van der Waals surface area (Å²) in [5.74, 6) is 0. The van der Waals surface area contributed by atoms with Crippen molar-refractivity contribution in [2.75, 3.05) is 0 Å². The molecular formula is C8H8FN3S2. The lowest BCUT2D eigenvalue weighted by Gasteiger charge is -1.92. The van der Waals surface area contributed by atoms with Gasteiger partial charge in [-0.2, -0.15) is 9.19 Å². The Balaban J connectivity index is 2.61. The first-order valence-corrected chi connectivity index (χ1v) is 5.11. The maximum atomic E-state index is 12.5. The number of rotatable bonds is 3. The van der Waals surface area contributed by atoms with Gasteiger partial charge in [0, 0.05) is 5.39 Å². The molecule has 0 fully saturated rings. The molecule has 1 N–H and O–H groups in total. The van der Waals surface area contributed by atoms with Gasteiger partial charge in [0.15, 0.2) is 12.3 Å². The van der Waals surface area contributed by atoms with E-state index in [1.165, 1.54) is 4.09 Å². The van der Waals surface area contributed by atoms with Gasteiger partial charge in [0.2, 0.25) is 0 Å². The first-order valence-electron chi connectivity index (χ1n) is 3.99. The molecule has 0 aliphatic rings. The zero-order chi connectivity index (χ0) is 9.97. The number of fused-ring (bicyclic) bond motifs is 1. The zero-order valence-electron chi connectivity index (χ0n) is 7.14. The lowest BCUT2D eigenvalue weighted by atomic mass is 10.2. The topological polar surface area (TPSA) is 29.9 Å². The van der Waals surface area contributed by atoms with Crippen molar-refractivity contribution in [3.8, 4) is 0 Å². The highest BCUT2D eigenvalue weighted by Gasteiger charge is 2.09. The molecule has 3 nitrogen and oxygen atoms in total. The van der Waals surface area contributed by atoms with Gasteiger partial charge in [-0.25, -0.2) is 0 Å².